The molecule has 0 N–H and O–H groups in total. The van der Waals surface area contributed by atoms with Gasteiger partial charge in [-0.05, 0) is 67.1 Å². The van der Waals surface area contributed by atoms with E-state index < -0.39 is 0 Å². The van der Waals surface area contributed by atoms with Gasteiger partial charge < -0.3 is 0 Å². The quantitative estimate of drug-likeness (QED) is 0.265. The molecule has 0 bridgehead atoms. The predicted octanol–water partition coefficient (Wildman–Crippen LogP) is 8.61. The zero-order chi connectivity index (χ0) is 20.5. The molecule has 163 valence electrons. The lowest BCUT2D eigenvalue weighted by Crippen LogP contribution is -2.28. The third kappa shape index (κ3) is 7.23. The van der Waals surface area contributed by atoms with E-state index in [0.717, 1.165) is 36.2 Å². The van der Waals surface area contributed by atoms with Gasteiger partial charge in [0.1, 0.15) is 5.82 Å². The van der Waals surface area contributed by atoms with Crippen LogP contribution in [-0.4, -0.2) is 8.80 Å². The maximum absolute atomic E-state index is 13.9. The molecular formula is C27H44FSi. The molecule has 1 aromatic carbocycles. The van der Waals surface area contributed by atoms with Crippen LogP contribution in [0.5, 0.6) is 0 Å². The Morgan fingerprint density at radius 1 is 0.897 bits per heavy atom. The molecule has 0 nitrogen and oxygen atoms in total. The van der Waals surface area contributed by atoms with E-state index in [-0.39, 0.29) is 14.6 Å². The third-order valence-corrected chi connectivity index (χ3v) is 11.1. The van der Waals surface area contributed by atoms with E-state index in [1.54, 1.807) is 37.0 Å². The highest BCUT2D eigenvalue weighted by atomic mass is 28.3. The number of benzene rings is 1. The Balaban J connectivity index is 1.28. The molecule has 2 heteroatoms. The van der Waals surface area contributed by atoms with Crippen molar-refractivity contribution in [1.82, 2.24) is 0 Å². The molecule has 1 aliphatic heterocycles. The summed E-state index contributed by atoms with van der Waals surface area (Å²) < 4.78 is 13.9. The van der Waals surface area contributed by atoms with Gasteiger partial charge in [-0.1, -0.05) is 95.5 Å². The van der Waals surface area contributed by atoms with Gasteiger partial charge in [-0.15, -0.1) is 0 Å². The summed E-state index contributed by atoms with van der Waals surface area (Å²) in [5, 5.41) is 0. The van der Waals surface area contributed by atoms with E-state index in [4.69, 9.17) is 0 Å². The number of hydrogen-bond donors (Lipinski definition) is 0. The molecule has 0 atom stereocenters. The number of unbranched alkanes of at least 4 members (excludes halogenated alkanes) is 2. The lowest BCUT2D eigenvalue weighted by molar-refractivity contribution is 0.184. The predicted molar refractivity (Wildman–Crippen MR) is 127 cm³/mol. The molecular weight excluding hydrogens is 371 g/mol. The maximum atomic E-state index is 13.9. The molecule has 0 unspecified atom stereocenters. The van der Waals surface area contributed by atoms with Gasteiger partial charge in [0, 0.05) is 8.80 Å². The minimum atomic E-state index is -0.00956. The molecule has 0 spiro atoms. The van der Waals surface area contributed by atoms with Crippen molar-refractivity contribution >= 4 is 8.80 Å². The Kier molecular flexibility index (Phi) is 9.75. The van der Waals surface area contributed by atoms with E-state index in [1.165, 1.54) is 63.4 Å². The van der Waals surface area contributed by atoms with Crippen molar-refractivity contribution in [2.24, 2.45) is 17.8 Å². The average molecular weight is 416 g/mol. The average Bonchev–Trinajstić information content (AvgIpc) is 2.76. The second-order valence-corrected chi connectivity index (χ2v) is 13.0. The lowest BCUT2D eigenvalue weighted by Gasteiger charge is -2.37. The van der Waals surface area contributed by atoms with Crippen LogP contribution in [0.4, 0.5) is 4.39 Å². The molecule has 1 aromatic rings. The van der Waals surface area contributed by atoms with Gasteiger partial charge in [0.25, 0.3) is 0 Å². The Labute approximate surface area is 181 Å². The Bertz CT molecular complexity index is 582. The molecule has 29 heavy (non-hydrogen) atoms. The van der Waals surface area contributed by atoms with Crippen molar-refractivity contribution in [3.05, 3.63) is 35.1 Å². The first kappa shape index (κ1) is 23.0. The van der Waals surface area contributed by atoms with Crippen LogP contribution in [0.2, 0.25) is 18.1 Å². The number of rotatable bonds is 10. The van der Waals surface area contributed by atoms with Crippen molar-refractivity contribution in [3.8, 4) is 0 Å². The molecule has 1 heterocycles. The van der Waals surface area contributed by atoms with Crippen molar-refractivity contribution in [1.29, 1.82) is 0 Å². The zero-order valence-corrected chi connectivity index (χ0v) is 20.2. The van der Waals surface area contributed by atoms with Crippen LogP contribution in [0.15, 0.2) is 18.2 Å². The second kappa shape index (κ2) is 12.3. The topological polar surface area (TPSA) is 0 Å². The van der Waals surface area contributed by atoms with Crippen molar-refractivity contribution in [2.75, 3.05) is 0 Å². The molecule has 3 rings (SSSR count). The number of halogens is 1. The Morgan fingerprint density at radius 2 is 1.62 bits per heavy atom. The summed E-state index contributed by atoms with van der Waals surface area (Å²) in [5.74, 6) is 3.09. The highest BCUT2D eigenvalue weighted by Gasteiger charge is 2.30. The molecule has 1 aliphatic carbocycles. The fourth-order valence-corrected chi connectivity index (χ4v) is 9.10. The molecule has 1 saturated carbocycles. The van der Waals surface area contributed by atoms with Crippen LogP contribution in [0, 0.1) is 23.6 Å². The van der Waals surface area contributed by atoms with Gasteiger partial charge in [0.15, 0.2) is 0 Å². The molecule has 2 aliphatic rings. The first-order valence-electron chi connectivity index (χ1n) is 12.8. The minimum Gasteiger partial charge on any atom is -0.207 e. The van der Waals surface area contributed by atoms with Crippen LogP contribution in [0.3, 0.4) is 0 Å². The van der Waals surface area contributed by atoms with Crippen LogP contribution < -0.4 is 0 Å². The van der Waals surface area contributed by atoms with E-state index in [0.29, 0.717) is 0 Å². The first-order chi connectivity index (χ1) is 14.2. The van der Waals surface area contributed by atoms with Crippen LogP contribution >= 0.6 is 0 Å². The second-order valence-electron chi connectivity index (χ2n) is 10.00. The van der Waals surface area contributed by atoms with Crippen LogP contribution in [0.1, 0.15) is 95.6 Å². The highest BCUT2D eigenvalue weighted by molar-refractivity contribution is 6.58. The normalized spacial score (nSPS) is 24.1. The monoisotopic (exact) mass is 415 g/mol. The van der Waals surface area contributed by atoms with Gasteiger partial charge in [-0.2, -0.15) is 0 Å². The van der Waals surface area contributed by atoms with Crippen molar-refractivity contribution < 1.29 is 4.39 Å². The molecule has 0 amide bonds. The van der Waals surface area contributed by atoms with E-state index in [2.05, 4.69) is 13.0 Å². The van der Waals surface area contributed by atoms with Crippen molar-refractivity contribution in [2.45, 2.75) is 115 Å². The smallest absolute Gasteiger partial charge is 0.126 e. The number of hydrogen-bond acceptors (Lipinski definition) is 0. The first-order valence-corrected chi connectivity index (χ1v) is 14.9. The highest BCUT2D eigenvalue weighted by Crippen LogP contribution is 2.42. The molecule has 0 aromatic heterocycles. The summed E-state index contributed by atoms with van der Waals surface area (Å²) in [6, 6.07) is 10.7. The van der Waals surface area contributed by atoms with Gasteiger partial charge in [-0.3, -0.25) is 0 Å². The fourth-order valence-electron chi connectivity index (χ4n) is 5.94. The van der Waals surface area contributed by atoms with Gasteiger partial charge >= 0.3 is 0 Å². The third-order valence-electron chi connectivity index (χ3n) is 8.01. The summed E-state index contributed by atoms with van der Waals surface area (Å²) >= 11 is 0. The van der Waals surface area contributed by atoms with Gasteiger partial charge in [0.05, 0.1) is 0 Å². The van der Waals surface area contributed by atoms with Gasteiger partial charge in [0.2, 0.25) is 0 Å². The molecule has 2 fully saturated rings. The SMILES string of the molecule is CCCC[Si]1CCC(C2CCC(CCCCc3ccc(CC)c(F)c3)CC2)CC1. The fraction of sp³-hybridized carbons (Fsp3) is 0.778. The summed E-state index contributed by atoms with van der Waals surface area (Å²) in [4.78, 5) is 0. The van der Waals surface area contributed by atoms with Crippen LogP contribution in [-0.2, 0) is 12.8 Å². The van der Waals surface area contributed by atoms with E-state index in [9.17, 15) is 4.39 Å². The Morgan fingerprint density at radius 3 is 2.28 bits per heavy atom. The molecule has 1 saturated heterocycles. The van der Waals surface area contributed by atoms with Gasteiger partial charge in [-0.25, -0.2) is 4.39 Å². The van der Waals surface area contributed by atoms with E-state index >= 15 is 0 Å². The summed E-state index contributed by atoms with van der Waals surface area (Å²) in [5.41, 5.74) is 2.03. The van der Waals surface area contributed by atoms with Crippen LogP contribution in [0.25, 0.3) is 0 Å². The summed E-state index contributed by atoms with van der Waals surface area (Å²) in [7, 11) is 0.0409. The zero-order valence-electron chi connectivity index (χ0n) is 19.2. The largest absolute Gasteiger partial charge is 0.207 e. The summed E-state index contributed by atoms with van der Waals surface area (Å²) in [6.45, 7) is 4.36. The molecule has 1 radical (unpaired) electrons. The Hall–Kier alpha value is -0.633. The maximum Gasteiger partial charge on any atom is 0.126 e. The lowest BCUT2D eigenvalue weighted by atomic mass is 9.73. The van der Waals surface area contributed by atoms with Crippen molar-refractivity contribution in [3.63, 3.8) is 0 Å². The van der Waals surface area contributed by atoms with E-state index in [1.807, 2.05) is 13.0 Å². The number of aryl methyl sites for hydroxylation is 2. The minimum absolute atomic E-state index is 0.00956. The standard InChI is InChI=1S/C27H44FSi/c1-3-5-18-29-19-16-26(17-20-29)25-14-10-22(11-15-25)8-6-7-9-23-12-13-24(4-2)27(28)21-23/h12-13,21-22,25-26H,3-11,14-20H2,1-2H3. The summed E-state index contributed by atoms with van der Waals surface area (Å²) in [6.07, 6.45) is 17.8.